The minimum Gasteiger partial charge on any atom is -0.213 e. The Hall–Kier alpha value is -1.89. The first kappa shape index (κ1) is 26.7. The molecule has 0 N–H and O–H groups in total. The Balaban J connectivity index is 1.87. The van der Waals surface area contributed by atoms with Crippen LogP contribution in [0, 0.1) is 28.6 Å². The van der Waals surface area contributed by atoms with E-state index in [0.29, 0.717) is 36.4 Å². The molecular weight excluding hydrogens is 492 g/mol. The van der Waals surface area contributed by atoms with Crippen LogP contribution in [0.15, 0.2) is 41.8 Å². The van der Waals surface area contributed by atoms with Gasteiger partial charge in [-0.15, -0.1) is 0 Å². The van der Waals surface area contributed by atoms with Crippen molar-refractivity contribution in [2.45, 2.75) is 45.2 Å². The fraction of sp³-hybridized carbons (Fsp3) is 0.542. The molecule has 0 spiro atoms. The number of hydrogen-bond acceptors (Lipinski definition) is 3. The van der Waals surface area contributed by atoms with Crippen molar-refractivity contribution in [2.24, 2.45) is 17.3 Å². The van der Waals surface area contributed by atoms with Gasteiger partial charge in [-0.3, -0.25) is 0 Å². The van der Waals surface area contributed by atoms with Crippen LogP contribution >= 0.6 is 11.6 Å². The summed E-state index contributed by atoms with van der Waals surface area (Å²) in [6.45, 7) is 1.60. The molecule has 2 aliphatic rings. The smallest absolute Gasteiger partial charge is 0.213 e. The molecule has 1 saturated heterocycles. The molecule has 1 aromatic carbocycles. The average Bonchev–Trinajstić information content (AvgIpc) is 3.22. The van der Waals surface area contributed by atoms with E-state index < -0.39 is 33.9 Å². The molecule has 0 amide bonds. The van der Waals surface area contributed by atoms with Crippen LogP contribution in [0.1, 0.15) is 43.7 Å². The molecule has 3 atom stereocenters. The summed E-state index contributed by atoms with van der Waals surface area (Å²) >= 11 is 6.13. The molecule has 1 heterocycles. The van der Waals surface area contributed by atoms with Gasteiger partial charge in [0, 0.05) is 19.5 Å². The molecule has 4 nitrogen and oxygen atoms in total. The summed E-state index contributed by atoms with van der Waals surface area (Å²) in [5, 5.41) is 9.37. The third-order valence-electron chi connectivity index (χ3n) is 7.09. The van der Waals surface area contributed by atoms with E-state index in [1.807, 2.05) is 6.07 Å². The number of hydrogen-bond donors (Lipinski definition) is 0. The third-order valence-corrected chi connectivity index (χ3v) is 8.67. The SMILES string of the molecule is CC1(C(F)(F)F)CC(F)=CC=C1CC(CCc1ccc(C#N)c(Cl)c1)C1CCN(S(C)(=O)=O)C1. The van der Waals surface area contributed by atoms with Gasteiger partial charge in [0.2, 0.25) is 10.0 Å². The van der Waals surface area contributed by atoms with E-state index >= 15 is 0 Å². The van der Waals surface area contributed by atoms with Crippen LogP contribution < -0.4 is 0 Å². The summed E-state index contributed by atoms with van der Waals surface area (Å²) in [7, 11) is -3.40. The maximum absolute atomic E-state index is 14.0. The van der Waals surface area contributed by atoms with Crippen molar-refractivity contribution in [1.82, 2.24) is 4.31 Å². The highest BCUT2D eigenvalue weighted by molar-refractivity contribution is 7.88. The Labute approximate surface area is 202 Å². The molecule has 0 saturated carbocycles. The van der Waals surface area contributed by atoms with Gasteiger partial charge in [-0.05, 0) is 68.2 Å². The molecule has 0 bridgehead atoms. The van der Waals surface area contributed by atoms with E-state index in [1.165, 1.54) is 10.4 Å². The van der Waals surface area contributed by atoms with Crippen molar-refractivity contribution in [2.75, 3.05) is 19.3 Å². The summed E-state index contributed by atoms with van der Waals surface area (Å²) < 4.78 is 81.3. The number of nitriles is 1. The summed E-state index contributed by atoms with van der Waals surface area (Å²) in [4.78, 5) is 0. The first-order chi connectivity index (χ1) is 15.7. The second kappa shape index (κ2) is 10.00. The quantitative estimate of drug-likeness (QED) is 0.405. The first-order valence-electron chi connectivity index (χ1n) is 11.0. The molecule has 1 aromatic rings. The Morgan fingerprint density at radius 1 is 1.32 bits per heavy atom. The number of sulfonamides is 1. The zero-order chi connectivity index (χ0) is 25.3. The molecule has 0 aromatic heterocycles. The lowest BCUT2D eigenvalue weighted by Crippen LogP contribution is -2.39. The van der Waals surface area contributed by atoms with Crippen molar-refractivity contribution in [3.63, 3.8) is 0 Å². The summed E-state index contributed by atoms with van der Waals surface area (Å²) in [6, 6.07) is 7.02. The molecule has 3 rings (SSSR count). The zero-order valence-corrected chi connectivity index (χ0v) is 20.6. The number of alkyl halides is 3. The highest BCUT2D eigenvalue weighted by atomic mass is 35.5. The summed E-state index contributed by atoms with van der Waals surface area (Å²) in [5.74, 6) is -1.18. The molecule has 10 heteroatoms. The molecule has 1 aliphatic heterocycles. The zero-order valence-electron chi connectivity index (χ0n) is 19.0. The summed E-state index contributed by atoms with van der Waals surface area (Å²) in [6.07, 6.45) is -0.254. The van der Waals surface area contributed by atoms with E-state index in [-0.39, 0.29) is 30.4 Å². The highest BCUT2D eigenvalue weighted by Gasteiger charge is 2.54. The Morgan fingerprint density at radius 3 is 2.59 bits per heavy atom. The van der Waals surface area contributed by atoms with Crippen LogP contribution in [0.4, 0.5) is 17.6 Å². The number of aryl methyl sites for hydroxylation is 1. The number of rotatable bonds is 7. The maximum Gasteiger partial charge on any atom is 0.398 e. The lowest BCUT2D eigenvalue weighted by molar-refractivity contribution is -0.206. The van der Waals surface area contributed by atoms with Crippen LogP contribution in [-0.4, -0.2) is 38.2 Å². The fourth-order valence-corrected chi connectivity index (χ4v) is 5.99. The molecule has 186 valence electrons. The third kappa shape index (κ3) is 5.84. The second-order valence-corrected chi connectivity index (χ2v) is 11.8. The van der Waals surface area contributed by atoms with Gasteiger partial charge in [-0.25, -0.2) is 17.1 Å². The Bertz CT molecular complexity index is 1140. The number of halogens is 5. The standard InChI is InChI=1S/C24H27ClF4N2O2S/c1-23(24(27,28)29)13-21(26)8-7-20(23)12-17(19-9-10-31(15-19)34(2,32)33)5-3-16-4-6-18(14-30)22(25)11-16/h4,6-8,11,17,19H,3,5,9-10,12-13,15H2,1-2H3. The largest absolute Gasteiger partial charge is 0.398 e. The molecule has 1 aliphatic carbocycles. The van der Waals surface area contributed by atoms with Gasteiger partial charge in [-0.2, -0.15) is 18.4 Å². The van der Waals surface area contributed by atoms with Crippen molar-refractivity contribution in [3.8, 4) is 6.07 Å². The van der Waals surface area contributed by atoms with Gasteiger partial charge in [0.15, 0.2) is 0 Å². The topological polar surface area (TPSA) is 61.2 Å². The number of nitrogens with zero attached hydrogens (tertiary/aromatic N) is 2. The fourth-order valence-electron chi connectivity index (χ4n) is 4.84. The van der Waals surface area contributed by atoms with Crippen LogP contribution in [0.3, 0.4) is 0 Å². The van der Waals surface area contributed by atoms with E-state index in [1.54, 1.807) is 18.2 Å². The molecule has 3 unspecified atom stereocenters. The van der Waals surface area contributed by atoms with Crippen LogP contribution in [0.25, 0.3) is 0 Å². The van der Waals surface area contributed by atoms with Gasteiger partial charge in [-0.1, -0.05) is 29.3 Å². The molecular formula is C24H27ClF4N2O2S. The highest BCUT2D eigenvalue weighted by Crippen LogP contribution is 2.53. The number of allylic oxidation sites excluding steroid dienone is 4. The molecule has 1 fully saturated rings. The van der Waals surface area contributed by atoms with Crippen molar-refractivity contribution in [3.05, 3.63) is 57.9 Å². The van der Waals surface area contributed by atoms with Crippen LogP contribution in [-0.2, 0) is 16.4 Å². The Kier molecular flexibility index (Phi) is 7.86. The van der Waals surface area contributed by atoms with Gasteiger partial charge in [0.05, 0.1) is 22.3 Å². The second-order valence-electron chi connectivity index (χ2n) is 9.41. The van der Waals surface area contributed by atoms with E-state index in [4.69, 9.17) is 16.9 Å². The predicted molar refractivity (Wildman–Crippen MR) is 123 cm³/mol. The van der Waals surface area contributed by atoms with Gasteiger partial charge in [0.25, 0.3) is 0 Å². The normalized spacial score (nSPS) is 24.9. The monoisotopic (exact) mass is 518 g/mol. The van der Waals surface area contributed by atoms with Crippen LogP contribution in [0.5, 0.6) is 0 Å². The van der Waals surface area contributed by atoms with Gasteiger partial charge in [0.1, 0.15) is 11.9 Å². The molecule has 0 radical (unpaired) electrons. The lowest BCUT2D eigenvalue weighted by Gasteiger charge is -2.38. The number of benzene rings is 1. The van der Waals surface area contributed by atoms with E-state index in [9.17, 15) is 26.0 Å². The minimum atomic E-state index is -4.62. The minimum absolute atomic E-state index is 0.0894. The van der Waals surface area contributed by atoms with Crippen LogP contribution in [0.2, 0.25) is 5.02 Å². The van der Waals surface area contributed by atoms with Gasteiger partial charge >= 0.3 is 6.18 Å². The van der Waals surface area contributed by atoms with Crippen molar-refractivity contribution < 1.29 is 26.0 Å². The lowest BCUT2D eigenvalue weighted by atomic mass is 9.69. The summed E-state index contributed by atoms with van der Waals surface area (Å²) in [5.41, 5.74) is -1.02. The van der Waals surface area contributed by atoms with E-state index in [2.05, 4.69) is 0 Å². The van der Waals surface area contributed by atoms with Crippen molar-refractivity contribution in [1.29, 1.82) is 5.26 Å². The maximum atomic E-state index is 14.0. The van der Waals surface area contributed by atoms with E-state index in [0.717, 1.165) is 24.8 Å². The van der Waals surface area contributed by atoms with Gasteiger partial charge < -0.3 is 0 Å². The average molecular weight is 519 g/mol. The molecule has 34 heavy (non-hydrogen) atoms. The first-order valence-corrected chi connectivity index (χ1v) is 13.2. The predicted octanol–water partition coefficient (Wildman–Crippen LogP) is 6.18. The van der Waals surface area contributed by atoms with Crippen molar-refractivity contribution >= 4 is 21.6 Å². The Morgan fingerprint density at radius 2 is 2.03 bits per heavy atom.